The molecule has 0 aromatic rings. The Labute approximate surface area is 70.9 Å². The van der Waals surface area contributed by atoms with E-state index >= 15 is 0 Å². The van der Waals surface area contributed by atoms with Crippen LogP contribution in [-0.4, -0.2) is 10.9 Å². The van der Waals surface area contributed by atoms with Gasteiger partial charge in [0.05, 0.1) is 6.26 Å². The molecule has 3 heteroatoms. The summed E-state index contributed by atoms with van der Waals surface area (Å²) in [5, 5.41) is 8.12. The summed E-state index contributed by atoms with van der Waals surface area (Å²) in [6.45, 7) is 2.96. The minimum Gasteiger partial charge on any atom is -0.515 e. The second kappa shape index (κ2) is 5.35. The second-order valence-electron chi connectivity index (χ2n) is 1.37. The standard InChI is InChI=1S/C5H8O2.Na/c1-4(3-6)5(2)7;/h3,6H,1-2H3;/q;+1/b4-3-;. The monoisotopic (exact) mass is 123 g/mol. The Morgan fingerprint density at radius 3 is 1.88 bits per heavy atom. The number of hydrogen-bond donors (Lipinski definition) is 1. The number of carbonyl (C=O) groups excluding carboxylic acids is 1. The van der Waals surface area contributed by atoms with Crippen LogP contribution in [0, 0.1) is 0 Å². The minimum absolute atomic E-state index is 0. The van der Waals surface area contributed by atoms with Crippen LogP contribution in [-0.2, 0) is 4.79 Å². The maximum Gasteiger partial charge on any atom is 1.00 e. The van der Waals surface area contributed by atoms with Gasteiger partial charge in [0.1, 0.15) is 0 Å². The van der Waals surface area contributed by atoms with Crippen molar-refractivity contribution < 1.29 is 39.5 Å². The summed E-state index contributed by atoms with van der Waals surface area (Å²) >= 11 is 0. The Bertz CT molecular complexity index is 107. The molecule has 0 saturated heterocycles. The van der Waals surface area contributed by atoms with Gasteiger partial charge >= 0.3 is 29.6 Å². The zero-order valence-corrected chi connectivity index (χ0v) is 7.43. The summed E-state index contributed by atoms with van der Waals surface area (Å²) in [4.78, 5) is 10.1. The van der Waals surface area contributed by atoms with Crippen molar-refractivity contribution in [2.45, 2.75) is 13.8 Å². The molecule has 0 atom stereocenters. The van der Waals surface area contributed by atoms with Gasteiger partial charge in [-0.2, -0.15) is 0 Å². The van der Waals surface area contributed by atoms with E-state index in [9.17, 15) is 4.79 Å². The average Bonchev–Trinajstić information content (AvgIpc) is 1.65. The van der Waals surface area contributed by atoms with Gasteiger partial charge < -0.3 is 5.11 Å². The number of aliphatic hydroxyl groups excluding tert-OH is 1. The maximum atomic E-state index is 10.1. The molecule has 40 valence electrons. The normalized spacial score (nSPS) is 10.0. The van der Waals surface area contributed by atoms with E-state index in [1.54, 1.807) is 6.92 Å². The molecule has 0 unspecified atom stereocenters. The third-order valence-corrected chi connectivity index (χ3v) is 0.749. The molecule has 0 radical (unpaired) electrons. The summed E-state index contributed by atoms with van der Waals surface area (Å²) in [5.41, 5.74) is 0.389. The molecule has 0 spiro atoms. The summed E-state index contributed by atoms with van der Waals surface area (Å²) in [5.74, 6) is -0.0949. The number of Topliss-reactive ketones (excluding diaryl/α,β-unsaturated/α-hetero) is 1. The number of ketones is 1. The van der Waals surface area contributed by atoms with Crippen molar-refractivity contribution in [3.8, 4) is 0 Å². The van der Waals surface area contributed by atoms with Crippen LogP contribution in [0.4, 0.5) is 0 Å². The van der Waals surface area contributed by atoms with Crippen LogP contribution in [0.15, 0.2) is 11.8 Å². The molecule has 0 aromatic heterocycles. The molecular weight excluding hydrogens is 115 g/mol. The SMILES string of the molecule is CC(=O)/C(C)=C\O.[Na+]. The fraction of sp³-hybridized carbons (Fsp3) is 0.400. The number of aliphatic hydroxyl groups is 1. The molecule has 8 heavy (non-hydrogen) atoms. The van der Waals surface area contributed by atoms with Gasteiger partial charge in [0.25, 0.3) is 0 Å². The Balaban J connectivity index is 0. The van der Waals surface area contributed by atoms with E-state index in [4.69, 9.17) is 5.11 Å². The van der Waals surface area contributed by atoms with Crippen molar-refractivity contribution in [1.82, 2.24) is 0 Å². The molecule has 2 nitrogen and oxygen atoms in total. The Kier molecular flexibility index (Phi) is 7.40. The largest absolute Gasteiger partial charge is 1.00 e. The van der Waals surface area contributed by atoms with Crippen molar-refractivity contribution in [1.29, 1.82) is 0 Å². The smallest absolute Gasteiger partial charge is 0.515 e. The first-order valence-corrected chi connectivity index (χ1v) is 2.00. The third-order valence-electron chi connectivity index (χ3n) is 0.749. The predicted octanol–water partition coefficient (Wildman–Crippen LogP) is -1.96. The van der Waals surface area contributed by atoms with E-state index in [-0.39, 0.29) is 35.3 Å². The zero-order chi connectivity index (χ0) is 5.86. The molecule has 1 N–H and O–H groups in total. The van der Waals surface area contributed by atoms with E-state index in [1.807, 2.05) is 0 Å². The van der Waals surface area contributed by atoms with Gasteiger partial charge in [0.15, 0.2) is 5.78 Å². The molecule has 0 saturated carbocycles. The first kappa shape index (κ1) is 11.1. The zero-order valence-electron chi connectivity index (χ0n) is 5.43. The molecule has 0 aliphatic carbocycles. The van der Waals surface area contributed by atoms with Crippen molar-refractivity contribution in [3.63, 3.8) is 0 Å². The molecule has 0 aliphatic rings. The third kappa shape index (κ3) is 4.37. The molecule has 0 amide bonds. The van der Waals surface area contributed by atoms with Crippen molar-refractivity contribution in [2.75, 3.05) is 0 Å². The number of hydrogen-bond acceptors (Lipinski definition) is 2. The van der Waals surface area contributed by atoms with Crippen LogP contribution in [0.2, 0.25) is 0 Å². The maximum absolute atomic E-state index is 10.1. The minimum atomic E-state index is -0.0949. The first-order valence-electron chi connectivity index (χ1n) is 2.00. The molecular formula is C5H8NaO2+. The number of allylic oxidation sites excluding steroid dienone is 1. The van der Waals surface area contributed by atoms with E-state index in [0.717, 1.165) is 6.26 Å². The van der Waals surface area contributed by atoms with Gasteiger partial charge in [-0.3, -0.25) is 4.79 Å². The molecule has 0 heterocycles. The van der Waals surface area contributed by atoms with Gasteiger partial charge in [0.2, 0.25) is 0 Å². The summed E-state index contributed by atoms with van der Waals surface area (Å²) in [6.07, 6.45) is 0.808. The average molecular weight is 123 g/mol. The van der Waals surface area contributed by atoms with Crippen LogP contribution in [0.5, 0.6) is 0 Å². The quantitative estimate of drug-likeness (QED) is 0.250. The molecule has 0 aromatic carbocycles. The summed E-state index contributed by atoms with van der Waals surface area (Å²) in [7, 11) is 0. The summed E-state index contributed by atoms with van der Waals surface area (Å²) < 4.78 is 0. The molecule has 0 rings (SSSR count). The Morgan fingerprint density at radius 1 is 1.50 bits per heavy atom. The molecule has 0 bridgehead atoms. The van der Waals surface area contributed by atoms with Crippen molar-refractivity contribution in [3.05, 3.63) is 11.8 Å². The Morgan fingerprint density at radius 2 is 1.88 bits per heavy atom. The molecule has 0 fully saturated rings. The summed E-state index contributed by atoms with van der Waals surface area (Å²) in [6, 6.07) is 0. The van der Waals surface area contributed by atoms with Gasteiger partial charge in [0, 0.05) is 5.57 Å². The van der Waals surface area contributed by atoms with Crippen LogP contribution < -0.4 is 29.6 Å². The van der Waals surface area contributed by atoms with E-state index in [2.05, 4.69) is 0 Å². The molecule has 0 aliphatic heterocycles. The Hall–Kier alpha value is 0.210. The van der Waals surface area contributed by atoms with Crippen LogP contribution in [0.3, 0.4) is 0 Å². The van der Waals surface area contributed by atoms with E-state index in [1.165, 1.54) is 6.92 Å². The van der Waals surface area contributed by atoms with Gasteiger partial charge in [-0.05, 0) is 13.8 Å². The van der Waals surface area contributed by atoms with Gasteiger partial charge in [-0.1, -0.05) is 0 Å². The van der Waals surface area contributed by atoms with Crippen molar-refractivity contribution in [2.24, 2.45) is 0 Å². The number of carbonyl (C=O) groups is 1. The van der Waals surface area contributed by atoms with E-state index in [0.29, 0.717) is 5.57 Å². The van der Waals surface area contributed by atoms with Crippen LogP contribution in [0.25, 0.3) is 0 Å². The topological polar surface area (TPSA) is 37.3 Å². The first-order chi connectivity index (χ1) is 3.18. The predicted molar refractivity (Wildman–Crippen MR) is 27.1 cm³/mol. The number of rotatable bonds is 1. The van der Waals surface area contributed by atoms with E-state index < -0.39 is 0 Å². The fourth-order valence-corrected chi connectivity index (χ4v) is 0.0909. The van der Waals surface area contributed by atoms with Gasteiger partial charge in [-0.15, -0.1) is 0 Å². The van der Waals surface area contributed by atoms with Gasteiger partial charge in [-0.25, -0.2) is 0 Å². The van der Waals surface area contributed by atoms with Crippen molar-refractivity contribution >= 4 is 5.78 Å². The van der Waals surface area contributed by atoms with Crippen LogP contribution >= 0.6 is 0 Å². The van der Waals surface area contributed by atoms with Crippen LogP contribution in [0.1, 0.15) is 13.8 Å². The second-order valence-corrected chi connectivity index (χ2v) is 1.37. The fourth-order valence-electron chi connectivity index (χ4n) is 0.0909.